The molecule has 528 valence electrons. The first-order valence-corrected chi connectivity index (χ1v) is 36.4. The number of aliphatic hydroxyl groups excluding tert-OH is 4. The van der Waals surface area contributed by atoms with E-state index in [-0.39, 0.29) is 67.2 Å². The lowest BCUT2D eigenvalue weighted by molar-refractivity contribution is -0.117. The summed E-state index contributed by atoms with van der Waals surface area (Å²) in [5, 5.41) is 96.4. The van der Waals surface area contributed by atoms with Gasteiger partial charge >= 0.3 is 0 Å². The Morgan fingerprint density at radius 3 is 1.02 bits per heavy atom. The van der Waals surface area contributed by atoms with E-state index >= 15 is 0 Å². The number of Topliss-reactive ketones (excluding diaryl/α,β-unsaturated/α-hetero) is 1. The number of phenolic OH excluding ortho intramolecular Hbond substituents is 4. The first-order chi connectivity index (χ1) is 48.3. The fourth-order valence-corrected chi connectivity index (χ4v) is 17.3. The first-order valence-electron chi connectivity index (χ1n) is 36.4. The second kappa shape index (κ2) is 30.7. The molecule has 16 heteroatoms. The standard InChI is InChI=1S/C46H57NO7.C38H40O8/c1-6-8-10-12-14-15-17-19-30-31-21-26(3)34(27(4)47-20-18-16-13-11-9-7-2)43-42-37(31)40-35(28(24-48)22-32(50)38(40)44(30)52)36-29(25-49)23-33(51)39(41(36)42)45(53)46(43)54-5;1-5-6-7-8-9-10-11-12-22-23-13-18(2)26(19(3)41)35-34-29(23)32-27(20(16-39)14-24(42)30(32)36(22)44)28-21(17-40)15-25(43)31(33(28)34)37(45)38(35)46-4/h21-23,34,48-49,52-53H,6-20,24-25H2,1-5H3;13-15,26,39-40,44-45H,5-12,16-17H2,1-4H3. The van der Waals surface area contributed by atoms with E-state index in [1.54, 1.807) is 0 Å². The molecule has 0 radical (unpaired) electrons. The summed E-state index contributed by atoms with van der Waals surface area (Å²) in [5.41, 5.74) is 5.30. The van der Waals surface area contributed by atoms with Crippen LogP contribution in [0, 0.1) is 0 Å². The molecule has 100 heavy (non-hydrogen) atoms. The van der Waals surface area contributed by atoms with E-state index in [4.69, 9.17) is 14.5 Å². The maximum Gasteiger partial charge on any atom is 0.190 e. The van der Waals surface area contributed by atoms with Crippen molar-refractivity contribution in [3.05, 3.63) is 132 Å². The lowest BCUT2D eigenvalue weighted by Crippen LogP contribution is -2.15. The predicted molar refractivity (Wildman–Crippen MR) is 404 cm³/mol. The van der Waals surface area contributed by atoms with Crippen molar-refractivity contribution in [1.82, 2.24) is 0 Å². The molecule has 2 unspecified atom stereocenters. The number of aromatic hydroxyl groups is 4. The Labute approximate surface area is 582 Å². The fourth-order valence-electron chi connectivity index (χ4n) is 17.3. The molecule has 0 saturated heterocycles. The normalized spacial score (nSPS) is 14.7. The van der Waals surface area contributed by atoms with E-state index in [2.05, 4.69) is 26.8 Å². The molecule has 0 saturated carbocycles. The molecule has 2 aliphatic carbocycles. The number of unbranched alkanes of at least 4 members (excludes halogenated alkanes) is 17. The molecule has 12 rings (SSSR count). The maximum absolute atomic E-state index is 14.1. The number of phenols is 4. The summed E-state index contributed by atoms with van der Waals surface area (Å²) in [6.45, 7) is 12.5. The molecule has 10 aromatic carbocycles. The minimum atomic E-state index is -0.869. The van der Waals surface area contributed by atoms with Crippen LogP contribution in [-0.2, 0) is 44.1 Å². The number of aliphatic imine (C=N–C) groups is 1. The molecule has 0 heterocycles. The van der Waals surface area contributed by atoms with Gasteiger partial charge < -0.3 is 50.3 Å². The molecule has 0 aliphatic heterocycles. The molecular weight excluding hydrogens is 1260 g/mol. The zero-order chi connectivity index (χ0) is 71.7. The van der Waals surface area contributed by atoms with Crippen LogP contribution in [0.3, 0.4) is 0 Å². The fraction of sp³-hybridized carbons (Fsp3) is 0.452. The van der Waals surface area contributed by atoms with Gasteiger partial charge in [-0.15, -0.1) is 0 Å². The second-order valence-corrected chi connectivity index (χ2v) is 28.1. The van der Waals surface area contributed by atoms with Crippen molar-refractivity contribution in [1.29, 1.82) is 0 Å². The van der Waals surface area contributed by atoms with Crippen molar-refractivity contribution in [2.45, 2.75) is 228 Å². The molecule has 2 atom stereocenters. The number of hydrogen-bond acceptors (Lipinski definition) is 16. The van der Waals surface area contributed by atoms with Crippen molar-refractivity contribution in [2.75, 3.05) is 20.8 Å². The van der Waals surface area contributed by atoms with Crippen LogP contribution in [0.4, 0.5) is 0 Å². The number of fused-ring (bicyclic) bond motifs is 2. The van der Waals surface area contributed by atoms with Crippen LogP contribution in [0.5, 0.6) is 34.5 Å². The minimum absolute atomic E-state index is 0.0120. The minimum Gasteiger partial charge on any atom is -0.507 e. The average molecular weight is 1360 g/mol. The smallest absolute Gasteiger partial charge is 0.190 e. The van der Waals surface area contributed by atoms with Gasteiger partial charge in [-0.2, -0.15) is 0 Å². The van der Waals surface area contributed by atoms with Crippen LogP contribution in [0.2, 0.25) is 0 Å². The highest BCUT2D eigenvalue weighted by atomic mass is 16.5. The number of nitrogens with zero attached hydrogens (tertiary/aromatic N) is 1. The zero-order valence-electron chi connectivity index (χ0n) is 59.6. The monoisotopic (exact) mass is 1360 g/mol. The Morgan fingerprint density at radius 2 is 0.690 bits per heavy atom. The lowest BCUT2D eigenvalue weighted by atomic mass is 9.78. The topological polar surface area (TPSA) is 278 Å². The Morgan fingerprint density at radius 1 is 0.390 bits per heavy atom. The third-order valence-corrected chi connectivity index (χ3v) is 21.7. The third-order valence-electron chi connectivity index (χ3n) is 21.7. The number of hydrogen-bond donors (Lipinski definition) is 8. The predicted octanol–water partition coefficient (Wildman–Crippen LogP) is 16.6. The summed E-state index contributed by atoms with van der Waals surface area (Å²) in [7, 11) is 2.85. The zero-order valence-corrected chi connectivity index (χ0v) is 59.6. The average Bonchev–Trinajstić information content (AvgIpc) is 1.14. The summed E-state index contributed by atoms with van der Waals surface area (Å²) in [4.78, 5) is 74.2. The molecule has 0 amide bonds. The number of aliphatic hydroxyl groups is 4. The van der Waals surface area contributed by atoms with Crippen molar-refractivity contribution in [3.8, 4) is 34.5 Å². The Kier molecular flexibility index (Phi) is 22.4. The SMILES string of the molecule is CCCCCCCCCc1c(O)c2c(=O)cc(CO)c3c4c(CO)cc(=O)c5c(O)c(OC)c6c(c(c1C=C(C)C6C(C)=NCCCCCCCC)c23)c54.CCCCCCCCCc1c(O)c2c(=O)cc(CO)c3c4c(CO)cc(=O)c5c(O)c(OC)c6c(c(c1C=C(C)C6C(C)=O)c23)c54. The quantitative estimate of drug-likeness (QED) is 0.00868. The molecule has 10 aromatic rings. The number of benzene rings is 10. The summed E-state index contributed by atoms with van der Waals surface area (Å²) in [5.74, 6) is -2.31. The molecule has 16 nitrogen and oxygen atoms in total. The van der Waals surface area contributed by atoms with Gasteiger partial charge in [0, 0.05) is 62.0 Å². The first kappa shape index (κ1) is 72.7. The van der Waals surface area contributed by atoms with Gasteiger partial charge in [0.25, 0.3) is 0 Å². The van der Waals surface area contributed by atoms with Gasteiger partial charge in [-0.3, -0.25) is 29.0 Å². The number of methoxy groups -OCH3 is 2. The van der Waals surface area contributed by atoms with E-state index < -0.39 is 65.7 Å². The molecule has 8 N–H and O–H groups in total. The summed E-state index contributed by atoms with van der Waals surface area (Å²) < 4.78 is 11.8. The number of allylic oxidation sites excluding steroid dienone is 2. The number of carbonyl (C=O) groups is 1. The van der Waals surface area contributed by atoms with Gasteiger partial charge in [0.15, 0.2) is 44.7 Å². The van der Waals surface area contributed by atoms with Crippen LogP contribution in [-0.4, -0.2) is 73.1 Å². The molecule has 0 fully saturated rings. The van der Waals surface area contributed by atoms with Gasteiger partial charge in [-0.05, 0) is 161 Å². The number of carbonyl (C=O) groups excluding carboxylic acids is 1. The Hall–Kier alpha value is -8.54. The number of rotatable bonds is 31. The van der Waals surface area contributed by atoms with Crippen molar-refractivity contribution in [2.24, 2.45) is 4.99 Å². The largest absolute Gasteiger partial charge is 0.507 e. The van der Waals surface area contributed by atoms with Crippen LogP contribution in [0.1, 0.15) is 244 Å². The number of ketones is 1. The van der Waals surface area contributed by atoms with E-state index in [9.17, 15) is 64.8 Å². The molecule has 0 bridgehead atoms. The van der Waals surface area contributed by atoms with Gasteiger partial charge in [-0.1, -0.05) is 153 Å². The lowest BCUT2D eigenvalue weighted by Gasteiger charge is -2.26. The maximum atomic E-state index is 14.1. The van der Waals surface area contributed by atoms with Crippen LogP contribution in [0.15, 0.2) is 59.6 Å². The Bertz CT molecular complexity index is 5160. The summed E-state index contributed by atoms with van der Waals surface area (Å²) >= 11 is 0. The van der Waals surface area contributed by atoms with Crippen molar-refractivity contribution in [3.63, 3.8) is 0 Å². The molecular formula is C84H97NO15. The second-order valence-electron chi connectivity index (χ2n) is 28.1. The molecule has 2 aliphatic rings. The molecule has 0 spiro atoms. The highest BCUT2D eigenvalue weighted by Crippen LogP contribution is 2.59. The van der Waals surface area contributed by atoms with Gasteiger partial charge in [0.1, 0.15) is 17.3 Å². The van der Waals surface area contributed by atoms with Crippen LogP contribution in [0.25, 0.3) is 98.3 Å². The van der Waals surface area contributed by atoms with Gasteiger partial charge in [0.05, 0.1) is 68.1 Å². The van der Waals surface area contributed by atoms with Gasteiger partial charge in [-0.25, -0.2) is 0 Å². The van der Waals surface area contributed by atoms with Gasteiger partial charge in [0.2, 0.25) is 0 Å². The van der Waals surface area contributed by atoms with Crippen LogP contribution < -0.4 is 31.2 Å². The third kappa shape index (κ3) is 12.3. The summed E-state index contributed by atoms with van der Waals surface area (Å²) in [6.07, 6.45) is 26.9. The summed E-state index contributed by atoms with van der Waals surface area (Å²) in [6, 6.07) is 5.20. The van der Waals surface area contributed by atoms with Crippen molar-refractivity contribution < 1.29 is 55.1 Å². The van der Waals surface area contributed by atoms with E-state index in [1.165, 1.54) is 103 Å². The van der Waals surface area contributed by atoms with E-state index in [0.29, 0.717) is 129 Å². The van der Waals surface area contributed by atoms with E-state index in [0.717, 1.165) is 87.5 Å². The highest BCUT2D eigenvalue weighted by molar-refractivity contribution is 6.40. The van der Waals surface area contributed by atoms with E-state index in [1.807, 2.05) is 26.8 Å². The van der Waals surface area contributed by atoms with Crippen molar-refractivity contribution >= 4 is 110 Å². The number of ether oxygens (including phenoxy) is 2. The van der Waals surface area contributed by atoms with Crippen LogP contribution >= 0.6 is 0 Å². The molecule has 0 aromatic heterocycles. The Balaban J connectivity index is 0.000000204. The highest BCUT2D eigenvalue weighted by Gasteiger charge is 2.39.